The van der Waals surface area contributed by atoms with Crippen molar-refractivity contribution in [2.45, 2.75) is 38.3 Å². The smallest absolute Gasteiger partial charge is 0.317 e. The molecule has 1 aliphatic heterocycles. The van der Waals surface area contributed by atoms with E-state index in [9.17, 15) is 4.79 Å². The zero-order chi connectivity index (χ0) is 10.6. The van der Waals surface area contributed by atoms with Gasteiger partial charge in [0.25, 0.3) is 0 Å². The van der Waals surface area contributed by atoms with Gasteiger partial charge in [-0.25, -0.2) is 4.79 Å². The molecule has 0 spiro atoms. The fourth-order valence-corrected chi connectivity index (χ4v) is 1.84. The van der Waals surface area contributed by atoms with E-state index in [4.69, 9.17) is 4.74 Å². The lowest BCUT2D eigenvalue weighted by molar-refractivity contribution is -0.0158. The molecule has 0 aromatic rings. The van der Waals surface area contributed by atoms with Crippen LogP contribution >= 0.6 is 0 Å². The number of hydrogen-bond donors (Lipinski definition) is 1. The Hall–Kier alpha value is -0.770. The minimum Gasteiger partial charge on any atom is -0.378 e. The number of nitrogens with zero attached hydrogens (tertiary/aromatic N) is 1. The van der Waals surface area contributed by atoms with Crippen LogP contribution in [0.3, 0.4) is 0 Å². The number of carbonyl (C=O) groups excluding carboxylic acids is 1. The van der Waals surface area contributed by atoms with E-state index >= 15 is 0 Å². The molecule has 2 atom stereocenters. The Morgan fingerprint density at radius 3 is 2.93 bits per heavy atom. The van der Waals surface area contributed by atoms with Crippen LogP contribution in [0.2, 0.25) is 0 Å². The van der Waals surface area contributed by atoms with Crippen LogP contribution in [-0.4, -0.2) is 43.8 Å². The molecule has 0 radical (unpaired) electrons. The van der Waals surface area contributed by atoms with Crippen molar-refractivity contribution in [3.63, 3.8) is 0 Å². The first-order valence-electron chi connectivity index (χ1n) is 5.25. The largest absolute Gasteiger partial charge is 0.378 e. The maximum Gasteiger partial charge on any atom is 0.317 e. The summed E-state index contributed by atoms with van der Waals surface area (Å²) in [6, 6.07) is 0.320. The molecule has 0 aromatic carbocycles. The maximum atomic E-state index is 11.4. The Balaban J connectivity index is 2.46. The molecule has 0 unspecified atom stereocenters. The number of ether oxygens (including phenoxy) is 1. The third kappa shape index (κ3) is 2.61. The summed E-state index contributed by atoms with van der Waals surface area (Å²) >= 11 is 0. The van der Waals surface area contributed by atoms with Crippen molar-refractivity contribution in [3.8, 4) is 0 Å². The maximum absolute atomic E-state index is 11.4. The highest BCUT2D eigenvalue weighted by Crippen LogP contribution is 2.20. The highest BCUT2D eigenvalue weighted by Gasteiger charge is 2.26. The van der Waals surface area contributed by atoms with Gasteiger partial charge in [0.15, 0.2) is 0 Å². The molecule has 0 bridgehead atoms. The minimum absolute atomic E-state index is 0.00764. The summed E-state index contributed by atoms with van der Waals surface area (Å²) < 4.78 is 5.56. The van der Waals surface area contributed by atoms with Crippen molar-refractivity contribution in [2.24, 2.45) is 0 Å². The predicted octanol–water partition coefficient (Wildman–Crippen LogP) is 1.22. The highest BCUT2D eigenvalue weighted by molar-refractivity contribution is 5.73. The zero-order valence-electron chi connectivity index (χ0n) is 9.25. The van der Waals surface area contributed by atoms with E-state index in [1.807, 2.05) is 7.05 Å². The van der Waals surface area contributed by atoms with Crippen LogP contribution in [0, 0.1) is 0 Å². The van der Waals surface area contributed by atoms with Crippen LogP contribution < -0.4 is 5.32 Å². The van der Waals surface area contributed by atoms with Crippen LogP contribution in [0.25, 0.3) is 0 Å². The number of rotatable bonds is 2. The van der Waals surface area contributed by atoms with Gasteiger partial charge in [-0.2, -0.15) is 0 Å². The van der Waals surface area contributed by atoms with Gasteiger partial charge >= 0.3 is 6.03 Å². The van der Waals surface area contributed by atoms with Crippen LogP contribution in [0.4, 0.5) is 4.79 Å². The third-order valence-corrected chi connectivity index (χ3v) is 2.88. The first-order chi connectivity index (χ1) is 6.69. The fourth-order valence-electron chi connectivity index (χ4n) is 1.84. The molecule has 1 rings (SSSR count). The molecule has 14 heavy (non-hydrogen) atoms. The van der Waals surface area contributed by atoms with Gasteiger partial charge in [-0.05, 0) is 19.3 Å². The predicted molar refractivity (Wildman–Crippen MR) is 55.3 cm³/mol. The van der Waals surface area contributed by atoms with E-state index in [0.717, 1.165) is 25.9 Å². The van der Waals surface area contributed by atoms with Gasteiger partial charge in [-0.1, -0.05) is 6.92 Å². The number of carbonyl (C=O) groups is 1. The van der Waals surface area contributed by atoms with Gasteiger partial charge in [0.2, 0.25) is 0 Å². The van der Waals surface area contributed by atoms with Crippen LogP contribution in [0.5, 0.6) is 0 Å². The number of amides is 2. The normalized spacial score (nSPS) is 27.1. The average molecular weight is 200 g/mol. The molecule has 0 aliphatic carbocycles. The quantitative estimate of drug-likeness (QED) is 0.728. The Morgan fingerprint density at radius 2 is 2.36 bits per heavy atom. The molecule has 0 saturated carbocycles. The average Bonchev–Trinajstić information content (AvgIpc) is 2.27. The molecule has 1 aliphatic rings. The second-order valence-electron chi connectivity index (χ2n) is 3.75. The molecule has 1 saturated heterocycles. The first-order valence-corrected chi connectivity index (χ1v) is 5.25. The second-order valence-corrected chi connectivity index (χ2v) is 3.75. The van der Waals surface area contributed by atoms with Crippen LogP contribution in [-0.2, 0) is 4.74 Å². The van der Waals surface area contributed by atoms with Gasteiger partial charge in [-0.15, -0.1) is 0 Å². The monoisotopic (exact) mass is 200 g/mol. The number of urea groups is 1. The summed E-state index contributed by atoms with van der Waals surface area (Å²) in [4.78, 5) is 13.2. The lowest BCUT2D eigenvalue weighted by Crippen LogP contribution is -2.46. The van der Waals surface area contributed by atoms with Crippen molar-refractivity contribution in [3.05, 3.63) is 0 Å². The van der Waals surface area contributed by atoms with E-state index in [0.29, 0.717) is 12.1 Å². The van der Waals surface area contributed by atoms with E-state index in [1.54, 1.807) is 11.9 Å². The Bertz CT molecular complexity index is 197. The number of hydrogen-bond acceptors (Lipinski definition) is 2. The molecular formula is C10H20N2O2. The van der Waals surface area contributed by atoms with Gasteiger partial charge in [0.1, 0.15) is 0 Å². The van der Waals surface area contributed by atoms with Crippen molar-refractivity contribution in [1.29, 1.82) is 0 Å². The molecule has 1 fully saturated rings. The summed E-state index contributed by atoms with van der Waals surface area (Å²) in [5, 5.41) is 2.64. The Kier molecular flexibility index (Phi) is 4.20. The van der Waals surface area contributed by atoms with Gasteiger partial charge in [0, 0.05) is 26.7 Å². The SMILES string of the molecule is CC[C@H]1C[C@@H](N(C)C(=O)NC)CCO1. The van der Waals surface area contributed by atoms with E-state index < -0.39 is 0 Å². The highest BCUT2D eigenvalue weighted by atomic mass is 16.5. The number of nitrogens with one attached hydrogen (secondary N) is 1. The van der Waals surface area contributed by atoms with Crippen molar-refractivity contribution in [1.82, 2.24) is 10.2 Å². The summed E-state index contributed by atoms with van der Waals surface area (Å²) in [5.41, 5.74) is 0. The van der Waals surface area contributed by atoms with Crippen molar-refractivity contribution in [2.75, 3.05) is 20.7 Å². The first kappa shape index (κ1) is 11.3. The van der Waals surface area contributed by atoms with Crippen molar-refractivity contribution < 1.29 is 9.53 Å². The summed E-state index contributed by atoms with van der Waals surface area (Å²) in [6.07, 6.45) is 3.25. The third-order valence-electron chi connectivity index (χ3n) is 2.88. The van der Waals surface area contributed by atoms with Crippen LogP contribution in [0.15, 0.2) is 0 Å². The minimum atomic E-state index is -0.00764. The van der Waals surface area contributed by atoms with Gasteiger partial charge in [-0.3, -0.25) is 0 Å². The lowest BCUT2D eigenvalue weighted by atomic mass is 10.0. The second kappa shape index (κ2) is 5.20. The molecular weight excluding hydrogens is 180 g/mol. The summed E-state index contributed by atoms with van der Waals surface area (Å²) in [6.45, 7) is 2.89. The van der Waals surface area contributed by atoms with Crippen LogP contribution in [0.1, 0.15) is 26.2 Å². The summed E-state index contributed by atoms with van der Waals surface area (Å²) in [7, 11) is 3.51. The molecule has 82 valence electrons. The molecule has 4 nitrogen and oxygen atoms in total. The van der Waals surface area contributed by atoms with E-state index in [2.05, 4.69) is 12.2 Å². The van der Waals surface area contributed by atoms with E-state index in [1.165, 1.54) is 0 Å². The summed E-state index contributed by atoms with van der Waals surface area (Å²) in [5.74, 6) is 0. The van der Waals surface area contributed by atoms with Crippen molar-refractivity contribution >= 4 is 6.03 Å². The van der Waals surface area contributed by atoms with E-state index in [-0.39, 0.29) is 6.03 Å². The standard InChI is InChI=1S/C10H20N2O2/c1-4-9-7-8(5-6-14-9)12(3)10(13)11-2/h8-9H,4-7H2,1-3H3,(H,11,13)/t8-,9-/m0/s1. The zero-order valence-corrected chi connectivity index (χ0v) is 9.25. The molecule has 0 aromatic heterocycles. The topological polar surface area (TPSA) is 41.6 Å². The molecule has 2 amide bonds. The fraction of sp³-hybridized carbons (Fsp3) is 0.900. The Morgan fingerprint density at radius 1 is 1.64 bits per heavy atom. The molecule has 1 N–H and O–H groups in total. The lowest BCUT2D eigenvalue weighted by Gasteiger charge is -2.34. The van der Waals surface area contributed by atoms with Gasteiger partial charge in [0.05, 0.1) is 6.10 Å². The molecule has 4 heteroatoms. The van der Waals surface area contributed by atoms with Gasteiger partial charge < -0.3 is 15.0 Å². The Labute approximate surface area is 85.6 Å². The molecule has 1 heterocycles.